The van der Waals surface area contributed by atoms with Crippen LogP contribution in [0.1, 0.15) is 20.8 Å². The smallest absolute Gasteiger partial charge is 0.454 e. The molecular formula is C13H27F3O3Si2. The van der Waals surface area contributed by atoms with Crippen LogP contribution in [0.5, 0.6) is 0 Å². The fourth-order valence-electron chi connectivity index (χ4n) is 1.19. The molecular weight excluding hydrogens is 317 g/mol. The first-order valence-electron chi connectivity index (χ1n) is 6.79. The molecule has 0 amide bonds. The molecule has 0 heterocycles. The van der Waals surface area contributed by atoms with E-state index in [1.54, 1.807) is 60.1 Å². The van der Waals surface area contributed by atoms with Crippen LogP contribution < -0.4 is 0 Å². The number of rotatable bonds is 5. The molecule has 0 aliphatic rings. The van der Waals surface area contributed by atoms with Gasteiger partial charge in [0.2, 0.25) is 16.6 Å². The Morgan fingerprint density at radius 3 is 1.38 bits per heavy atom. The molecule has 0 aliphatic heterocycles. The highest BCUT2D eigenvalue weighted by molar-refractivity contribution is 6.70. The molecule has 8 heteroatoms. The van der Waals surface area contributed by atoms with Crippen LogP contribution in [-0.2, 0) is 13.6 Å². The Hall–Kier alpha value is -0.636. The molecule has 0 spiro atoms. The van der Waals surface area contributed by atoms with E-state index in [0.29, 0.717) is 0 Å². The van der Waals surface area contributed by atoms with Gasteiger partial charge in [0.15, 0.2) is 0 Å². The first-order chi connectivity index (χ1) is 8.91. The summed E-state index contributed by atoms with van der Waals surface area (Å²) in [7, 11) is -4.75. The Balaban J connectivity index is 5.89. The molecule has 3 nitrogen and oxygen atoms in total. The zero-order chi connectivity index (χ0) is 17.3. The first kappa shape index (κ1) is 20.4. The van der Waals surface area contributed by atoms with Gasteiger partial charge in [-0.15, -0.1) is 0 Å². The summed E-state index contributed by atoms with van der Waals surface area (Å²) in [5.41, 5.74) is -0.811. The van der Waals surface area contributed by atoms with E-state index in [2.05, 4.69) is 0 Å². The predicted molar refractivity (Wildman–Crippen MR) is 82.8 cm³/mol. The highest BCUT2D eigenvalue weighted by Crippen LogP contribution is 2.35. The van der Waals surface area contributed by atoms with Crippen molar-refractivity contribution in [1.29, 1.82) is 0 Å². The molecule has 0 saturated heterocycles. The largest absolute Gasteiger partial charge is 0.536 e. The number of alkyl halides is 3. The molecule has 0 aromatic carbocycles. The van der Waals surface area contributed by atoms with E-state index >= 15 is 0 Å². The SMILES string of the molecule is CC(C)(C)OC(O[Si](C)(C)C)=C(O[Si](C)(C)C)C(F)(F)F. The van der Waals surface area contributed by atoms with E-state index in [4.69, 9.17) is 13.6 Å². The lowest BCUT2D eigenvalue weighted by Gasteiger charge is -2.32. The molecule has 0 unspecified atom stereocenters. The second-order valence-corrected chi connectivity index (χ2v) is 16.6. The van der Waals surface area contributed by atoms with Gasteiger partial charge in [0.1, 0.15) is 5.60 Å². The van der Waals surface area contributed by atoms with Gasteiger partial charge in [-0.2, -0.15) is 13.2 Å². The molecule has 0 saturated carbocycles. The Labute approximate surface area is 127 Å². The lowest BCUT2D eigenvalue weighted by atomic mass is 10.2. The predicted octanol–water partition coefficient (Wildman–Crippen LogP) is 5.24. The zero-order valence-electron chi connectivity index (χ0n) is 14.4. The second-order valence-electron chi connectivity index (χ2n) is 7.76. The molecule has 0 bridgehead atoms. The quantitative estimate of drug-likeness (QED) is 0.504. The Morgan fingerprint density at radius 1 is 0.762 bits per heavy atom. The van der Waals surface area contributed by atoms with E-state index in [1.807, 2.05) is 0 Å². The van der Waals surface area contributed by atoms with Gasteiger partial charge in [-0.05, 0) is 60.1 Å². The Kier molecular flexibility index (Phi) is 6.05. The minimum absolute atomic E-state index is 0.545. The third kappa shape index (κ3) is 9.84. The Bertz CT molecular complexity index is 367. The molecule has 0 N–H and O–H groups in total. The molecule has 0 radical (unpaired) electrons. The van der Waals surface area contributed by atoms with Crippen molar-refractivity contribution in [3.8, 4) is 0 Å². The number of hydrogen-bond donors (Lipinski definition) is 0. The van der Waals surface area contributed by atoms with Gasteiger partial charge in [0.25, 0.3) is 5.76 Å². The van der Waals surface area contributed by atoms with Crippen LogP contribution in [0.4, 0.5) is 13.2 Å². The maximum atomic E-state index is 13.3. The molecule has 0 aromatic rings. The monoisotopic (exact) mass is 344 g/mol. The van der Waals surface area contributed by atoms with E-state index in [-0.39, 0.29) is 0 Å². The summed E-state index contributed by atoms with van der Waals surface area (Å²) in [5.74, 6) is -1.70. The van der Waals surface area contributed by atoms with Crippen molar-refractivity contribution < 1.29 is 26.8 Å². The molecule has 21 heavy (non-hydrogen) atoms. The average molecular weight is 345 g/mol. The zero-order valence-corrected chi connectivity index (χ0v) is 16.4. The fourth-order valence-corrected chi connectivity index (χ4v) is 2.69. The van der Waals surface area contributed by atoms with E-state index in [9.17, 15) is 13.2 Å². The van der Waals surface area contributed by atoms with Gasteiger partial charge in [-0.1, -0.05) is 0 Å². The summed E-state index contributed by atoms with van der Waals surface area (Å²) in [6.45, 7) is 15.4. The molecule has 0 fully saturated rings. The van der Waals surface area contributed by atoms with Crippen molar-refractivity contribution in [3.63, 3.8) is 0 Å². The summed E-state index contributed by atoms with van der Waals surface area (Å²) in [5, 5.41) is 0. The standard InChI is InChI=1S/C13H27F3O3Si2/c1-12(2,3)17-11(19-21(7,8)9)10(13(14,15)16)18-20(4,5)6/h1-9H3. The topological polar surface area (TPSA) is 27.7 Å². The van der Waals surface area contributed by atoms with Crippen molar-refractivity contribution >= 4 is 16.6 Å². The summed E-state index contributed by atoms with van der Waals surface area (Å²) in [6.07, 6.45) is -4.65. The van der Waals surface area contributed by atoms with Gasteiger partial charge >= 0.3 is 12.1 Å². The molecule has 126 valence electrons. The van der Waals surface area contributed by atoms with Gasteiger partial charge in [-0.3, -0.25) is 0 Å². The van der Waals surface area contributed by atoms with E-state index in [1.165, 1.54) is 0 Å². The van der Waals surface area contributed by atoms with E-state index < -0.39 is 40.1 Å². The average Bonchev–Trinajstić information content (AvgIpc) is 2.04. The lowest BCUT2D eigenvalue weighted by Crippen LogP contribution is -2.36. The van der Waals surface area contributed by atoms with Crippen molar-refractivity contribution in [2.75, 3.05) is 0 Å². The molecule has 0 aliphatic carbocycles. The molecule has 0 rings (SSSR count). The second kappa shape index (κ2) is 6.23. The van der Waals surface area contributed by atoms with Crippen LogP contribution in [-0.4, -0.2) is 28.4 Å². The summed E-state index contributed by atoms with van der Waals surface area (Å²) in [6, 6.07) is 0. The maximum Gasteiger partial charge on any atom is 0.454 e. The highest BCUT2D eigenvalue weighted by atomic mass is 28.4. The van der Waals surface area contributed by atoms with Crippen LogP contribution in [0, 0.1) is 0 Å². The highest BCUT2D eigenvalue weighted by Gasteiger charge is 2.45. The van der Waals surface area contributed by atoms with Crippen molar-refractivity contribution in [2.24, 2.45) is 0 Å². The normalized spacial score (nSPS) is 15.4. The lowest BCUT2D eigenvalue weighted by molar-refractivity contribution is -0.133. The maximum absolute atomic E-state index is 13.3. The van der Waals surface area contributed by atoms with Crippen LogP contribution in [0.15, 0.2) is 11.7 Å². The van der Waals surface area contributed by atoms with Gasteiger partial charge in [0, 0.05) is 0 Å². The fraction of sp³-hybridized carbons (Fsp3) is 0.846. The third-order valence-electron chi connectivity index (χ3n) is 1.65. The molecule has 0 atom stereocenters. The van der Waals surface area contributed by atoms with Crippen LogP contribution in [0.2, 0.25) is 39.3 Å². The Morgan fingerprint density at radius 2 is 1.14 bits per heavy atom. The summed E-state index contributed by atoms with van der Waals surface area (Å²) in [4.78, 5) is 0. The van der Waals surface area contributed by atoms with Crippen molar-refractivity contribution in [2.45, 2.75) is 71.8 Å². The minimum atomic E-state index is -4.65. The van der Waals surface area contributed by atoms with Crippen LogP contribution in [0.3, 0.4) is 0 Å². The number of hydrogen-bond acceptors (Lipinski definition) is 3. The van der Waals surface area contributed by atoms with Crippen LogP contribution >= 0.6 is 0 Å². The molecule has 0 aromatic heterocycles. The minimum Gasteiger partial charge on any atom is -0.536 e. The number of ether oxygens (including phenoxy) is 1. The van der Waals surface area contributed by atoms with Gasteiger partial charge in [-0.25, -0.2) is 0 Å². The third-order valence-corrected chi connectivity index (χ3v) is 3.26. The first-order valence-corrected chi connectivity index (χ1v) is 13.6. The van der Waals surface area contributed by atoms with Gasteiger partial charge in [0.05, 0.1) is 0 Å². The summed E-state index contributed by atoms with van der Waals surface area (Å²) < 4.78 is 56.2. The van der Waals surface area contributed by atoms with Gasteiger partial charge < -0.3 is 13.6 Å². The van der Waals surface area contributed by atoms with Crippen molar-refractivity contribution in [1.82, 2.24) is 0 Å². The van der Waals surface area contributed by atoms with Crippen molar-refractivity contribution in [3.05, 3.63) is 11.7 Å². The number of allylic oxidation sites excluding steroid dienone is 1. The number of halogens is 3. The van der Waals surface area contributed by atoms with Crippen LogP contribution in [0.25, 0.3) is 0 Å². The summed E-state index contributed by atoms with van der Waals surface area (Å²) >= 11 is 0. The van der Waals surface area contributed by atoms with E-state index in [0.717, 1.165) is 0 Å².